The molecular weight excluding hydrogens is 243 g/mol. The van der Waals surface area contributed by atoms with E-state index in [0.29, 0.717) is 13.0 Å². The lowest BCUT2D eigenvalue weighted by molar-refractivity contribution is -0.135. The van der Waals surface area contributed by atoms with Gasteiger partial charge in [0.25, 0.3) is 0 Å². The fourth-order valence-electron chi connectivity index (χ4n) is 1.66. The Hall–Kier alpha value is -1.23. The van der Waals surface area contributed by atoms with Gasteiger partial charge in [-0.2, -0.15) is 13.2 Å². The number of phenols is 1. The second-order valence-corrected chi connectivity index (χ2v) is 4.42. The van der Waals surface area contributed by atoms with Gasteiger partial charge >= 0.3 is 6.18 Å². The standard InChI is InChI=1S/C13H18F3NO/c1-10(5-4-8-13(14,15)16)17-9-11-6-2-3-7-12(11)18/h2-3,6-7,10,17-18H,4-5,8-9H2,1H3. The molecule has 5 heteroatoms. The molecule has 1 rings (SSSR count). The van der Waals surface area contributed by atoms with Crippen LogP contribution in [-0.2, 0) is 6.54 Å². The predicted molar refractivity (Wildman–Crippen MR) is 64.3 cm³/mol. The van der Waals surface area contributed by atoms with Crippen molar-refractivity contribution in [1.82, 2.24) is 5.32 Å². The van der Waals surface area contributed by atoms with Gasteiger partial charge in [-0.1, -0.05) is 18.2 Å². The van der Waals surface area contributed by atoms with E-state index in [-0.39, 0.29) is 18.2 Å². The molecule has 1 aromatic rings. The largest absolute Gasteiger partial charge is 0.508 e. The van der Waals surface area contributed by atoms with Gasteiger partial charge in [0.1, 0.15) is 5.75 Å². The second kappa shape index (κ2) is 6.64. The molecule has 1 aromatic carbocycles. The van der Waals surface area contributed by atoms with Crippen molar-refractivity contribution in [3.8, 4) is 5.75 Å². The topological polar surface area (TPSA) is 32.3 Å². The summed E-state index contributed by atoms with van der Waals surface area (Å²) in [5.74, 6) is 0.201. The van der Waals surface area contributed by atoms with Gasteiger partial charge in [-0.3, -0.25) is 0 Å². The van der Waals surface area contributed by atoms with Crippen molar-refractivity contribution in [3.63, 3.8) is 0 Å². The summed E-state index contributed by atoms with van der Waals surface area (Å²) < 4.78 is 35.9. The zero-order chi connectivity index (χ0) is 13.6. The number of halogens is 3. The molecule has 0 aliphatic heterocycles. The minimum Gasteiger partial charge on any atom is -0.508 e. The van der Waals surface area contributed by atoms with Crippen molar-refractivity contribution in [3.05, 3.63) is 29.8 Å². The van der Waals surface area contributed by atoms with Gasteiger partial charge in [0.05, 0.1) is 0 Å². The maximum absolute atomic E-state index is 12.0. The monoisotopic (exact) mass is 261 g/mol. The van der Waals surface area contributed by atoms with Crippen molar-refractivity contribution in [2.24, 2.45) is 0 Å². The maximum atomic E-state index is 12.0. The van der Waals surface area contributed by atoms with Crippen LogP contribution in [0.4, 0.5) is 13.2 Å². The van der Waals surface area contributed by atoms with E-state index in [1.54, 1.807) is 18.2 Å². The van der Waals surface area contributed by atoms with Gasteiger partial charge in [0.2, 0.25) is 0 Å². The second-order valence-electron chi connectivity index (χ2n) is 4.42. The zero-order valence-electron chi connectivity index (χ0n) is 10.3. The van der Waals surface area contributed by atoms with E-state index in [9.17, 15) is 18.3 Å². The zero-order valence-corrected chi connectivity index (χ0v) is 10.3. The number of para-hydroxylation sites is 1. The Labute approximate surface area is 105 Å². The van der Waals surface area contributed by atoms with E-state index >= 15 is 0 Å². The Morgan fingerprint density at radius 2 is 1.94 bits per heavy atom. The van der Waals surface area contributed by atoms with Crippen LogP contribution in [0.3, 0.4) is 0 Å². The van der Waals surface area contributed by atoms with E-state index in [4.69, 9.17) is 0 Å². The highest BCUT2D eigenvalue weighted by atomic mass is 19.4. The fraction of sp³-hybridized carbons (Fsp3) is 0.538. The van der Waals surface area contributed by atoms with Gasteiger partial charge < -0.3 is 10.4 Å². The van der Waals surface area contributed by atoms with Crippen LogP contribution >= 0.6 is 0 Å². The lowest BCUT2D eigenvalue weighted by Gasteiger charge is -2.15. The lowest BCUT2D eigenvalue weighted by Crippen LogP contribution is -2.25. The third-order valence-corrected chi connectivity index (χ3v) is 2.73. The van der Waals surface area contributed by atoms with Gasteiger partial charge in [-0.15, -0.1) is 0 Å². The number of hydrogen-bond donors (Lipinski definition) is 2. The van der Waals surface area contributed by atoms with Crippen LogP contribution in [0.2, 0.25) is 0 Å². The van der Waals surface area contributed by atoms with Crippen LogP contribution < -0.4 is 5.32 Å². The smallest absolute Gasteiger partial charge is 0.389 e. The summed E-state index contributed by atoms with van der Waals surface area (Å²) >= 11 is 0. The number of benzene rings is 1. The number of nitrogens with one attached hydrogen (secondary N) is 1. The van der Waals surface area contributed by atoms with E-state index < -0.39 is 12.6 Å². The molecule has 0 bridgehead atoms. The molecule has 2 N–H and O–H groups in total. The summed E-state index contributed by atoms with van der Waals surface area (Å²) in [7, 11) is 0. The molecule has 0 aliphatic rings. The van der Waals surface area contributed by atoms with Crippen LogP contribution in [0.25, 0.3) is 0 Å². The maximum Gasteiger partial charge on any atom is 0.389 e. The van der Waals surface area contributed by atoms with E-state index in [0.717, 1.165) is 5.56 Å². The van der Waals surface area contributed by atoms with Crippen molar-refractivity contribution in [1.29, 1.82) is 0 Å². The molecule has 102 valence electrons. The average Bonchev–Trinajstić information content (AvgIpc) is 2.26. The molecule has 2 nitrogen and oxygen atoms in total. The fourth-order valence-corrected chi connectivity index (χ4v) is 1.66. The van der Waals surface area contributed by atoms with Crippen LogP contribution in [0.15, 0.2) is 24.3 Å². The third-order valence-electron chi connectivity index (χ3n) is 2.73. The van der Waals surface area contributed by atoms with Gasteiger partial charge in [0, 0.05) is 24.6 Å². The summed E-state index contributed by atoms with van der Waals surface area (Å²) in [5, 5.41) is 12.6. The Morgan fingerprint density at radius 1 is 1.28 bits per heavy atom. The molecule has 0 spiro atoms. The molecule has 0 aromatic heterocycles. The molecule has 0 saturated carbocycles. The highest BCUT2D eigenvalue weighted by Gasteiger charge is 2.26. The highest BCUT2D eigenvalue weighted by molar-refractivity contribution is 5.31. The Bertz CT molecular complexity index is 365. The first-order valence-electron chi connectivity index (χ1n) is 5.95. The quantitative estimate of drug-likeness (QED) is 0.820. The summed E-state index contributed by atoms with van der Waals surface area (Å²) in [6.07, 6.45) is -4.22. The van der Waals surface area contributed by atoms with Crippen LogP contribution in [0.5, 0.6) is 5.75 Å². The summed E-state index contributed by atoms with van der Waals surface area (Å²) in [6, 6.07) is 6.90. The molecule has 1 atom stereocenters. The van der Waals surface area contributed by atoms with E-state index in [1.807, 2.05) is 13.0 Å². The average molecular weight is 261 g/mol. The summed E-state index contributed by atoms with van der Waals surface area (Å²) in [6.45, 7) is 2.30. The molecule has 0 saturated heterocycles. The van der Waals surface area contributed by atoms with Gasteiger partial charge in [-0.05, 0) is 25.8 Å². The number of phenolic OH excluding ortho intramolecular Hbond substituents is 1. The van der Waals surface area contributed by atoms with E-state index in [2.05, 4.69) is 5.32 Å². The summed E-state index contributed by atoms with van der Waals surface area (Å²) in [5.41, 5.74) is 0.750. The molecular formula is C13H18F3NO. The first kappa shape index (κ1) is 14.8. The first-order chi connectivity index (χ1) is 8.38. The number of aromatic hydroxyl groups is 1. The van der Waals surface area contributed by atoms with Gasteiger partial charge in [-0.25, -0.2) is 0 Å². The van der Waals surface area contributed by atoms with Crippen LogP contribution in [0.1, 0.15) is 31.7 Å². The van der Waals surface area contributed by atoms with E-state index in [1.165, 1.54) is 0 Å². The van der Waals surface area contributed by atoms with Crippen molar-refractivity contribution in [2.75, 3.05) is 0 Å². The predicted octanol–water partition coefficient (Wildman–Crippen LogP) is 3.60. The summed E-state index contributed by atoms with van der Waals surface area (Å²) in [4.78, 5) is 0. The van der Waals surface area contributed by atoms with Crippen LogP contribution in [-0.4, -0.2) is 17.3 Å². The van der Waals surface area contributed by atoms with Crippen LogP contribution in [0, 0.1) is 0 Å². The minimum atomic E-state index is -4.07. The highest BCUT2D eigenvalue weighted by Crippen LogP contribution is 2.22. The molecule has 18 heavy (non-hydrogen) atoms. The van der Waals surface area contributed by atoms with Gasteiger partial charge in [0.15, 0.2) is 0 Å². The molecule has 0 aliphatic carbocycles. The first-order valence-corrected chi connectivity index (χ1v) is 5.95. The van der Waals surface area contributed by atoms with Crippen molar-refractivity contribution < 1.29 is 18.3 Å². The molecule has 0 fully saturated rings. The lowest BCUT2D eigenvalue weighted by atomic mass is 10.1. The number of hydrogen-bond acceptors (Lipinski definition) is 2. The molecule has 1 unspecified atom stereocenters. The number of rotatable bonds is 6. The normalized spacial score (nSPS) is 13.6. The third kappa shape index (κ3) is 5.91. The Kier molecular flexibility index (Phi) is 5.47. The SMILES string of the molecule is CC(CCCC(F)(F)F)NCc1ccccc1O. The Balaban J connectivity index is 2.25. The molecule has 0 heterocycles. The minimum absolute atomic E-state index is 0.00745. The molecule has 0 amide bonds. The Morgan fingerprint density at radius 3 is 2.56 bits per heavy atom. The molecule has 0 radical (unpaired) electrons. The number of alkyl halides is 3. The van der Waals surface area contributed by atoms with Crippen molar-refractivity contribution in [2.45, 2.75) is 44.9 Å². The van der Waals surface area contributed by atoms with Crippen molar-refractivity contribution >= 4 is 0 Å².